The molecule has 0 radical (unpaired) electrons. The number of nitrogens with one attached hydrogen (secondary N) is 4. The maximum atomic E-state index is 13.5. The first-order valence-electron chi connectivity index (χ1n) is 20.3. The second-order valence-corrected chi connectivity index (χ2v) is 20.5. The molecule has 15 heteroatoms. The van der Waals surface area contributed by atoms with Gasteiger partial charge >= 0.3 is 12.1 Å². The first-order valence-corrected chi connectivity index (χ1v) is 23.6. The van der Waals surface area contributed by atoms with Crippen LogP contribution in [0.15, 0.2) is 12.1 Å². The summed E-state index contributed by atoms with van der Waals surface area (Å²) in [4.78, 5) is 31.1. The average Bonchev–Trinajstić information content (AvgIpc) is 3.59. The molecular formula is C40H56N6O7S2. The minimum atomic E-state index is -3.87. The van der Waals surface area contributed by atoms with E-state index in [4.69, 9.17) is 4.74 Å². The first-order chi connectivity index (χ1) is 26.3. The number of hydrogen-bond donors (Lipinski definition) is 4. The van der Waals surface area contributed by atoms with Crippen LogP contribution in [0.3, 0.4) is 0 Å². The topological polar surface area (TPSA) is 166 Å². The second kappa shape index (κ2) is 15.3. The number of carbonyl (C=O) groups is 2. The van der Waals surface area contributed by atoms with E-state index in [2.05, 4.69) is 37.1 Å². The minimum absolute atomic E-state index is 0.108. The molecule has 300 valence electrons. The lowest BCUT2D eigenvalue weighted by molar-refractivity contribution is 0.0373. The molecule has 1 saturated carbocycles. The molecule has 0 aromatic heterocycles. The lowest BCUT2D eigenvalue weighted by atomic mass is 9.81. The molecule has 0 bridgehead atoms. The molecule has 2 aromatic carbocycles. The number of aryl methyl sites for hydroxylation is 3. The Morgan fingerprint density at radius 2 is 1.40 bits per heavy atom. The maximum absolute atomic E-state index is 13.5. The van der Waals surface area contributed by atoms with Crippen molar-refractivity contribution in [1.29, 1.82) is 0 Å². The number of ether oxygens (including phenoxy) is 1. The van der Waals surface area contributed by atoms with Crippen molar-refractivity contribution in [2.75, 3.05) is 69.1 Å². The van der Waals surface area contributed by atoms with Gasteiger partial charge in [0.15, 0.2) is 0 Å². The Bertz CT molecular complexity index is 2080. The van der Waals surface area contributed by atoms with Crippen LogP contribution in [0.1, 0.15) is 108 Å². The van der Waals surface area contributed by atoms with Crippen molar-refractivity contribution in [3.05, 3.63) is 56.6 Å². The van der Waals surface area contributed by atoms with E-state index >= 15 is 0 Å². The lowest BCUT2D eigenvalue weighted by Gasteiger charge is -2.26. The average molecular weight is 797 g/mol. The Balaban J connectivity index is 1.00. The molecule has 2 unspecified atom stereocenters. The number of sulfonamides is 2. The van der Waals surface area contributed by atoms with Gasteiger partial charge in [-0.25, -0.2) is 35.9 Å². The number of amides is 4. The molecule has 1 aliphatic heterocycles. The molecule has 8 rings (SSSR count). The number of nitrogens with zero attached hydrogens (tertiary/aromatic N) is 2. The quantitative estimate of drug-likeness (QED) is 0.213. The highest BCUT2D eigenvalue weighted by atomic mass is 32.2. The molecule has 2 fully saturated rings. The van der Waals surface area contributed by atoms with E-state index in [0.717, 1.165) is 137 Å². The highest BCUT2D eigenvalue weighted by Gasteiger charge is 2.48. The van der Waals surface area contributed by atoms with E-state index in [1.165, 1.54) is 22.3 Å². The summed E-state index contributed by atoms with van der Waals surface area (Å²) >= 11 is 0. The second-order valence-electron chi connectivity index (χ2n) is 16.9. The van der Waals surface area contributed by atoms with Crippen LogP contribution in [-0.4, -0.2) is 103 Å². The predicted molar refractivity (Wildman–Crippen MR) is 213 cm³/mol. The predicted octanol–water partition coefficient (Wildman–Crippen LogP) is 4.53. The van der Waals surface area contributed by atoms with Gasteiger partial charge in [0.05, 0.1) is 24.7 Å². The number of carbonyl (C=O) groups excluding carboxylic acids is 2. The van der Waals surface area contributed by atoms with Crippen LogP contribution in [0.25, 0.3) is 0 Å². The lowest BCUT2D eigenvalue weighted by Crippen LogP contribution is -2.44. The summed E-state index contributed by atoms with van der Waals surface area (Å²) in [5.74, 6) is 0.0197. The first kappa shape index (κ1) is 38.6. The monoisotopic (exact) mass is 796 g/mol. The zero-order chi connectivity index (χ0) is 38.5. The number of morpholine rings is 1. The van der Waals surface area contributed by atoms with Crippen molar-refractivity contribution in [3.63, 3.8) is 0 Å². The fourth-order valence-corrected chi connectivity index (χ4v) is 12.9. The third kappa shape index (κ3) is 8.14. The van der Waals surface area contributed by atoms with Crippen molar-refractivity contribution in [3.8, 4) is 0 Å². The van der Waals surface area contributed by atoms with Crippen molar-refractivity contribution in [2.24, 2.45) is 0 Å². The normalized spacial score (nSPS) is 22.5. The zero-order valence-electron chi connectivity index (χ0n) is 32.2. The van der Waals surface area contributed by atoms with Gasteiger partial charge in [-0.1, -0.05) is 12.1 Å². The van der Waals surface area contributed by atoms with E-state index < -0.39 is 37.6 Å². The van der Waals surface area contributed by atoms with Gasteiger partial charge in [0.1, 0.15) is 0 Å². The smallest absolute Gasteiger partial charge is 0.332 e. The van der Waals surface area contributed by atoms with Gasteiger partial charge in [0.25, 0.3) is 0 Å². The van der Waals surface area contributed by atoms with E-state index in [1.807, 2.05) is 19.0 Å². The standard InChI is InChI=1S/C40H56N6O7S2/c1-45(2)40(15-16-40)25-55(51,52)44-39(48)42-37-30-10-5-7-26(30)23-28-11-12-32(35(28)37)31-13-14-33-34(31)24-27-8-6-9-29(27)36(33)41-38(47)43-54(49,50)22-4-3-17-46-18-20-53-21-19-46/h23-24,31-32H,3-22,25H2,1-2H3,(H2,41,43,47)(H2,42,44,48). The molecule has 1 heterocycles. The Kier molecular flexibility index (Phi) is 10.7. The number of hydrogen-bond acceptors (Lipinski definition) is 9. The molecule has 0 spiro atoms. The van der Waals surface area contributed by atoms with Gasteiger partial charge in [-0.15, -0.1) is 0 Å². The number of urea groups is 2. The fourth-order valence-electron chi connectivity index (χ4n) is 10.2. The molecule has 4 amide bonds. The summed E-state index contributed by atoms with van der Waals surface area (Å²) in [6.07, 6.45) is 11.6. The maximum Gasteiger partial charge on any atom is 0.332 e. The van der Waals surface area contributed by atoms with Gasteiger partial charge < -0.3 is 20.3 Å². The van der Waals surface area contributed by atoms with Crippen LogP contribution in [0, 0.1) is 0 Å². The van der Waals surface area contributed by atoms with Gasteiger partial charge in [-0.3, -0.25) is 4.90 Å². The third-order valence-electron chi connectivity index (χ3n) is 13.2. The van der Waals surface area contributed by atoms with Gasteiger partial charge in [-0.05, 0) is 167 Å². The number of benzene rings is 2. The molecule has 13 nitrogen and oxygen atoms in total. The van der Waals surface area contributed by atoms with Crippen LogP contribution in [0.4, 0.5) is 21.0 Å². The summed E-state index contributed by atoms with van der Waals surface area (Å²) in [6, 6.07) is 3.20. The summed E-state index contributed by atoms with van der Waals surface area (Å²) in [5, 5.41) is 6.09. The summed E-state index contributed by atoms with van der Waals surface area (Å²) < 4.78 is 62.3. The van der Waals surface area contributed by atoms with Crippen molar-refractivity contribution in [2.45, 2.75) is 107 Å². The molecule has 1 saturated heterocycles. The number of anilines is 2. The van der Waals surface area contributed by atoms with Crippen molar-refractivity contribution in [1.82, 2.24) is 19.2 Å². The zero-order valence-corrected chi connectivity index (χ0v) is 33.9. The van der Waals surface area contributed by atoms with E-state index in [0.29, 0.717) is 19.6 Å². The van der Waals surface area contributed by atoms with E-state index in [-0.39, 0.29) is 23.3 Å². The SMILES string of the molecule is CN(C)C1(CS(=O)(=O)NC(=O)Nc2c3c(cc4c2C(C2CCc5c2cc2c(c5NC(=O)NS(=O)(=O)CCCCN5CCOCC5)CCC2)CC4)CCC3)CC1. The van der Waals surface area contributed by atoms with E-state index in [1.54, 1.807) is 0 Å². The number of rotatable bonds is 13. The Morgan fingerprint density at radius 1 is 0.764 bits per heavy atom. The highest BCUT2D eigenvalue weighted by Crippen LogP contribution is 2.55. The van der Waals surface area contributed by atoms with Crippen molar-refractivity contribution >= 4 is 43.5 Å². The Hall–Kier alpha value is -3.24. The Labute approximate surface area is 325 Å². The minimum Gasteiger partial charge on any atom is -0.379 e. The van der Waals surface area contributed by atoms with E-state index in [9.17, 15) is 26.4 Å². The summed E-state index contributed by atoms with van der Waals surface area (Å²) in [6.45, 7) is 3.93. The van der Waals surface area contributed by atoms with Crippen LogP contribution in [0.2, 0.25) is 0 Å². The highest BCUT2D eigenvalue weighted by molar-refractivity contribution is 7.90. The summed E-state index contributed by atoms with van der Waals surface area (Å²) in [5.41, 5.74) is 10.4. The Morgan fingerprint density at radius 3 is 2.09 bits per heavy atom. The van der Waals surface area contributed by atoms with Crippen LogP contribution >= 0.6 is 0 Å². The van der Waals surface area contributed by atoms with Crippen molar-refractivity contribution < 1.29 is 31.2 Å². The molecular weight excluding hydrogens is 741 g/mol. The van der Waals surface area contributed by atoms with Gasteiger partial charge in [0, 0.05) is 30.0 Å². The molecule has 6 aliphatic rings. The molecule has 4 N–H and O–H groups in total. The van der Waals surface area contributed by atoms with Gasteiger partial charge in [-0.2, -0.15) is 0 Å². The van der Waals surface area contributed by atoms with Crippen LogP contribution < -0.4 is 20.1 Å². The summed E-state index contributed by atoms with van der Waals surface area (Å²) in [7, 11) is -3.93. The van der Waals surface area contributed by atoms with Gasteiger partial charge in [0.2, 0.25) is 20.0 Å². The molecule has 55 heavy (non-hydrogen) atoms. The number of fused-ring (bicyclic) bond motifs is 4. The molecule has 5 aliphatic carbocycles. The van der Waals surface area contributed by atoms with Crippen LogP contribution in [0.5, 0.6) is 0 Å². The fraction of sp³-hybridized carbons (Fsp3) is 0.650. The molecule has 2 aromatic rings. The number of unbranched alkanes of at least 4 members (excludes halogenated alkanes) is 1. The molecule has 2 atom stereocenters. The largest absolute Gasteiger partial charge is 0.379 e. The third-order valence-corrected chi connectivity index (χ3v) is 15.9. The van der Waals surface area contributed by atoms with Crippen LogP contribution in [-0.2, 0) is 63.3 Å².